The number of morpholine rings is 1. The molecule has 1 fully saturated rings. The summed E-state index contributed by atoms with van der Waals surface area (Å²) in [5.74, 6) is 3.36. The van der Waals surface area contributed by atoms with E-state index in [0.717, 1.165) is 80.4 Å². The van der Waals surface area contributed by atoms with Crippen LogP contribution >= 0.6 is 11.3 Å². The zero-order valence-corrected chi connectivity index (χ0v) is 25.5. The zero-order valence-electron chi connectivity index (χ0n) is 23.7. The number of nitrogens with zero attached hydrogens (tertiary/aromatic N) is 3. The summed E-state index contributed by atoms with van der Waals surface area (Å²) in [5, 5.41) is 8.70. The minimum Gasteiger partial charge on any atom is -0.381 e. The van der Waals surface area contributed by atoms with Crippen LogP contribution in [0.5, 0.6) is 0 Å². The molecule has 2 aliphatic rings. The van der Waals surface area contributed by atoms with Gasteiger partial charge >= 0.3 is 0 Å². The van der Waals surface area contributed by atoms with E-state index in [2.05, 4.69) is 90.0 Å². The maximum atomic E-state index is 12.8. The van der Waals surface area contributed by atoms with Gasteiger partial charge < -0.3 is 15.4 Å². The summed E-state index contributed by atoms with van der Waals surface area (Å²) in [6.45, 7) is 14.8. The van der Waals surface area contributed by atoms with Gasteiger partial charge in [0.1, 0.15) is 18.6 Å². The zero-order chi connectivity index (χ0) is 28.0. The molecule has 40 heavy (non-hydrogen) atoms. The summed E-state index contributed by atoms with van der Waals surface area (Å²) in [6.07, 6.45) is 0.220. The standard InChI is InChI=1S/C31H35N5O2SSi/c1-19-16-32-29-28-24-6-7-25(35-26(24)8-9-27(28)39-30(29)31(37)33-19)21-14-22(10-13-40(3,4)5)34-23(15-21)18-36-11-12-38-20(2)17-36/h6-9,14-15,19-20,32H,11-12,16-18H2,1-5H3,(H,33,37)/t19-,20-/m1/s1. The average Bonchev–Trinajstić information content (AvgIpc) is 3.23. The number of ether oxygens (including phenoxy) is 1. The molecule has 2 N–H and O–H groups in total. The van der Waals surface area contributed by atoms with Gasteiger partial charge in [0.25, 0.3) is 5.91 Å². The molecule has 2 atom stereocenters. The molecule has 0 unspecified atom stereocenters. The number of aromatic nitrogens is 2. The lowest BCUT2D eigenvalue weighted by molar-refractivity contribution is -0.0215. The molecule has 9 heteroatoms. The van der Waals surface area contributed by atoms with Crippen LogP contribution in [0.4, 0.5) is 5.69 Å². The molecule has 206 valence electrons. The molecule has 7 nitrogen and oxygen atoms in total. The van der Waals surface area contributed by atoms with Gasteiger partial charge in [-0.25, -0.2) is 9.97 Å². The van der Waals surface area contributed by atoms with Crippen LogP contribution in [0.3, 0.4) is 0 Å². The molecule has 0 radical (unpaired) electrons. The molecule has 0 spiro atoms. The number of nitrogens with one attached hydrogen (secondary N) is 2. The minimum atomic E-state index is -1.56. The van der Waals surface area contributed by atoms with Crippen molar-refractivity contribution in [2.24, 2.45) is 0 Å². The maximum Gasteiger partial charge on any atom is 0.263 e. The van der Waals surface area contributed by atoms with Crippen LogP contribution in [-0.2, 0) is 11.3 Å². The lowest BCUT2D eigenvalue weighted by Gasteiger charge is -2.30. The number of hydrogen-bond acceptors (Lipinski definition) is 7. The van der Waals surface area contributed by atoms with Crippen molar-refractivity contribution in [3.05, 3.63) is 52.7 Å². The first-order valence-corrected chi connectivity index (χ1v) is 18.2. The van der Waals surface area contributed by atoms with Crippen LogP contribution in [0.25, 0.3) is 32.2 Å². The number of carbonyl (C=O) groups excluding carboxylic acids is 1. The van der Waals surface area contributed by atoms with Crippen molar-refractivity contribution in [1.29, 1.82) is 0 Å². The van der Waals surface area contributed by atoms with Crippen LogP contribution < -0.4 is 10.6 Å². The number of fused-ring (bicyclic) bond motifs is 5. The predicted octanol–water partition coefficient (Wildman–Crippen LogP) is 5.50. The van der Waals surface area contributed by atoms with E-state index >= 15 is 0 Å². The number of hydrogen-bond donors (Lipinski definition) is 2. The Morgan fingerprint density at radius 1 is 1.15 bits per heavy atom. The van der Waals surface area contributed by atoms with Gasteiger partial charge in [0.05, 0.1) is 35.3 Å². The normalized spacial score (nSPS) is 19.9. The quantitative estimate of drug-likeness (QED) is 0.250. The molecular weight excluding hydrogens is 535 g/mol. The highest BCUT2D eigenvalue weighted by molar-refractivity contribution is 7.21. The van der Waals surface area contributed by atoms with Gasteiger partial charge in [-0.05, 0) is 50.2 Å². The molecular formula is C31H35N5O2SSi. The highest BCUT2D eigenvalue weighted by Crippen LogP contribution is 2.41. The Labute approximate surface area is 240 Å². The van der Waals surface area contributed by atoms with Crippen LogP contribution in [0.1, 0.15) is 34.9 Å². The van der Waals surface area contributed by atoms with Crippen molar-refractivity contribution in [2.45, 2.75) is 52.2 Å². The number of amides is 1. The number of anilines is 1. The molecule has 4 aromatic rings. The second-order valence-corrected chi connectivity index (χ2v) is 17.7. The molecule has 1 amide bonds. The maximum absolute atomic E-state index is 12.8. The summed E-state index contributed by atoms with van der Waals surface area (Å²) in [7, 11) is -1.56. The molecule has 1 saturated heterocycles. The van der Waals surface area contributed by atoms with Gasteiger partial charge in [-0.1, -0.05) is 25.6 Å². The third-order valence-electron chi connectivity index (χ3n) is 7.14. The fourth-order valence-corrected chi connectivity index (χ4v) is 6.88. The summed E-state index contributed by atoms with van der Waals surface area (Å²) < 4.78 is 6.82. The second kappa shape index (κ2) is 10.6. The molecule has 0 bridgehead atoms. The van der Waals surface area contributed by atoms with Gasteiger partial charge in [-0.15, -0.1) is 16.9 Å². The number of carbonyl (C=O) groups is 1. The highest BCUT2D eigenvalue weighted by Gasteiger charge is 2.25. The smallest absolute Gasteiger partial charge is 0.263 e. The largest absolute Gasteiger partial charge is 0.381 e. The lowest BCUT2D eigenvalue weighted by Crippen LogP contribution is -2.40. The third kappa shape index (κ3) is 5.63. The molecule has 0 saturated carbocycles. The van der Waals surface area contributed by atoms with Crippen molar-refractivity contribution >= 4 is 52.0 Å². The van der Waals surface area contributed by atoms with E-state index in [-0.39, 0.29) is 18.1 Å². The SMILES string of the molecule is C[C@@H]1CNc2c(sc3ccc4nc(-c5cc(C#C[Si](C)(C)C)nc(CN6CCO[C@H](C)C6)c5)ccc4c23)C(=O)N1. The van der Waals surface area contributed by atoms with Crippen LogP contribution in [0.2, 0.25) is 19.6 Å². The molecule has 5 heterocycles. The summed E-state index contributed by atoms with van der Waals surface area (Å²) in [6, 6.07) is 12.6. The first-order valence-electron chi connectivity index (χ1n) is 13.9. The van der Waals surface area contributed by atoms with Crippen molar-refractivity contribution in [3.8, 4) is 22.7 Å². The second-order valence-electron chi connectivity index (χ2n) is 11.9. The number of rotatable bonds is 3. The van der Waals surface area contributed by atoms with E-state index < -0.39 is 8.07 Å². The van der Waals surface area contributed by atoms with Crippen molar-refractivity contribution in [2.75, 3.05) is 31.6 Å². The van der Waals surface area contributed by atoms with Crippen molar-refractivity contribution < 1.29 is 9.53 Å². The highest BCUT2D eigenvalue weighted by atomic mass is 32.1. The summed E-state index contributed by atoms with van der Waals surface area (Å²) in [4.78, 5) is 26.0. The Balaban J connectivity index is 1.42. The van der Waals surface area contributed by atoms with E-state index in [1.54, 1.807) is 0 Å². The van der Waals surface area contributed by atoms with Crippen LogP contribution in [-0.4, -0.2) is 67.2 Å². The fourth-order valence-electron chi connectivity index (χ4n) is 5.28. The van der Waals surface area contributed by atoms with Gasteiger partial charge in [0, 0.05) is 53.3 Å². The molecule has 6 rings (SSSR count). The Kier molecular flexibility index (Phi) is 7.13. The lowest BCUT2D eigenvalue weighted by atomic mass is 10.1. The Morgan fingerprint density at radius 2 is 2.00 bits per heavy atom. The van der Waals surface area contributed by atoms with E-state index in [1.807, 2.05) is 6.92 Å². The van der Waals surface area contributed by atoms with Crippen molar-refractivity contribution in [1.82, 2.24) is 20.2 Å². The van der Waals surface area contributed by atoms with Gasteiger partial charge in [-0.2, -0.15) is 0 Å². The summed E-state index contributed by atoms with van der Waals surface area (Å²) >= 11 is 1.53. The van der Waals surface area contributed by atoms with E-state index in [9.17, 15) is 4.79 Å². The van der Waals surface area contributed by atoms with E-state index in [0.29, 0.717) is 6.54 Å². The van der Waals surface area contributed by atoms with Crippen LogP contribution in [0.15, 0.2) is 36.4 Å². The van der Waals surface area contributed by atoms with Crippen molar-refractivity contribution in [3.63, 3.8) is 0 Å². The monoisotopic (exact) mass is 569 g/mol. The molecule has 0 aliphatic carbocycles. The Hall–Kier alpha value is -3.29. The minimum absolute atomic E-state index is 0.0163. The number of thiophene rings is 1. The van der Waals surface area contributed by atoms with E-state index in [1.165, 1.54) is 11.3 Å². The molecule has 1 aromatic carbocycles. The first kappa shape index (κ1) is 26.9. The molecule has 2 aliphatic heterocycles. The topological polar surface area (TPSA) is 79.4 Å². The van der Waals surface area contributed by atoms with Gasteiger partial charge in [-0.3, -0.25) is 9.69 Å². The first-order chi connectivity index (χ1) is 19.1. The number of benzene rings is 1. The van der Waals surface area contributed by atoms with E-state index in [4.69, 9.17) is 14.7 Å². The Morgan fingerprint density at radius 3 is 2.80 bits per heavy atom. The predicted molar refractivity (Wildman–Crippen MR) is 167 cm³/mol. The molecule has 3 aromatic heterocycles. The summed E-state index contributed by atoms with van der Waals surface area (Å²) in [5.41, 5.74) is 8.99. The van der Waals surface area contributed by atoms with Crippen LogP contribution in [0, 0.1) is 11.5 Å². The average molecular weight is 570 g/mol. The third-order valence-corrected chi connectivity index (χ3v) is 9.17. The number of pyridine rings is 2. The van der Waals surface area contributed by atoms with Gasteiger partial charge in [0.2, 0.25) is 0 Å². The Bertz CT molecular complexity index is 1680. The fraction of sp³-hybridized carbons (Fsp3) is 0.387. The van der Waals surface area contributed by atoms with Gasteiger partial charge in [0.15, 0.2) is 0 Å².